The van der Waals surface area contributed by atoms with Crippen LogP contribution >= 0.6 is 0 Å². The Hall–Kier alpha value is -1.66. The highest BCUT2D eigenvalue weighted by atomic mass is 19.1. The molecule has 4 atom stereocenters. The lowest BCUT2D eigenvalue weighted by Gasteiger charge is -2.40. The highest BCUT2D eigenvalue weighted by Crippen LogP contribution is 2.23. The number of alkyl halides is 1. The van der Waals surface area contributed by atoms with Crippen LogP contribution < -0.4 is 22.1 Å². The summed E-state index contributed by atoms with van der Waals surface area (Å²) in [6.07, 6.45) is 5.07. The minimum Gasteiger partial charge on any atom is -0.383 e. The third-order valence-corrected chi connectivity index (χ3v) is 7.91. The van der Waals surface area contributed by atoms with Crippen molar-refractivity contribution in [2.45, 2.75) is 83.7 Å². The van der Waals surface area contributed by atoms with Gasteiger partial charge in [0.25, 0.3) is 0 Å². The van der Waals surface area contributed by atoms with E-state index >= 15 is 0 Å². The summed E-state index contributed by atoms with van der Waals surface area (Å²) in [5.41, 5.74) is 12.5. The molecule has 0 aliphatic carbocycles. The van der Waals surface area contributed by atoms with Crippen LogP contribution in [-0.4, -0.2) is 106 Å². The molecule has 2 heterocycles. The number of halogens is 2. The Morgan fingerprint density at radius 1 is 1.15 bits per heavy atom. The summed E-state index contributed by atoms with van der Waals surface area (Å²) in [5.74, 6) is -1.09. The first-order valence-corrected chi connectivity index (χ1v) is 14.8. The van der Waals surface area contributed by atoms with Gasteiger partial charge < -0.3 is 31.7 Å². The molecule has 1 amide bonds. The van der Waals surface area contributed by atoms with Crippen molar-refractivity contribution in [1.29, 1.82) is 0 Å². The molecule has 0 radical (unpaired) electrons. The van der Waals surface area contributed by atoms with Gasteiger partial charge in [-0.15, -0.1) is 0 Å². The van der Waals surface area contributed by atoms with Crippen LogP contribution in [0.3, 0.4) is 0 Å². The molecule has 2 aliphatic heterocycles. The van der Waals surface area contributed by atoms with E-state index in [2.05, 4.69) is 34.4 Å². The molecule has 226 valence electrons. The van der Waals surface area contributed by atoms with Crippen molar-refractivity contribution in [3.8, 4) is 0 Å². The second-order valence-corrected chi connectivity index (χ2v) is 11.0. The van der Waals surface area contributed by atoms with Gasteiger partial charge in [-0.05, 0) is 25.7 Å². The second-order valence-electron chi connectivity index (χ2n) is 11.0. The zero-order chi connectivity index (χ0) is 28.8. The van der Waals surface area contributed by atoms with E-state index in [1.807, 2.05) is 4.90 Å². The van der Waals surface area contributed by atoms with E-state index in [9.17, 15) is 13.6 Å². The van der Waals surface area contributed by atoms with Crippen molar-refractivity contribution in [2.75, 3.05) is 59.5 Å². The molecule has 1 saturated heterocycles. The molecule has 0 aromatic carbocycles. The van der Waals surface area contributed by atoms with Crippen LogP contribution in [0.15, 0.2) is 16.5 Å². The number of hydrogen-bond acceptors (Lipinski definition) is 8. The zero-order valence-corrected chi connectivity index (χ0v) is 24.5. The van der Waals surface area contributed by atoms with Crippen LogP contribution in [-0.2, 0) is 9.53 Å². The molecule has 9 nitrogen and oxygen atoms in total. The number of allylic oxidation sites excluding steroid dienone is 1. The number of hydrogen-bond donors (Lipinski definition) is 4. The molecule has 0 spiro atoms. The van der Waals surface area contributed by atoms with E-state index in [0.29, 0.717) is 37.7 Å². The Labute approximate surface area is 234 Å². The van der Waals surface area contributed by atoms with E-state index in [-0.39, 0.29) is 13.1 Å². The summed E-state index contributed by atoms with van der Waals surface area (Å²) in [6, 6.07) is -1.08. The molecule has 0 aromatic heterocycles. The molecule has 1 fully saturated rings. The van der Waals surface area contributed by atoms with Gasteiger partial charge in [0.05, 0.1) is 43.2 Å². The standard InChI is InChI=1S/C28H53F2N7O2/c1-5-7-21(8-6-2)9-10-22(29)17-34-20(3)25(27(31)32)28(38)35-24-19-33-18-23(30)26(24)37-13-11-36(12-14-37)15-16-39-4/h18,20-22,24-25,27,34H,5-17,19,31-32H2,1-4H3,(H,35,38). The van der Waals surface area contributed by atoms with Crippen LogP contribution in [0.25, 0.3) is 0 Å². The van der Waals surface area contributed by atoms with Gasteiger partial charge in [-0.25, -0.2) is 8.78 Å². The van der Waals surface area contributed by atoms with Crippen LogP contribution in [0.5, 0.6) is 0 Å². The Kier molecular flexibility index (Phi) is 15.4. The monoisotopic (exact) mass is 557 g/mol. The van der Waals surface area contributed by atoms with Gasteiger partial charge in [0, 0.05) is 52.4 Å². The van der Waals surface area contributed by atoms with Crippen LogP contribution in [0.4, 0.5) is 8.78 Å². The first-order valence-electron chi connectivity index (χ1n) is 14.8. The predicted octanol–water partition coefficient (Wildman–Crippen LogP) is 2.17. The van der Waals surface area contributed by atoms with Gasteiger partial charge in [0.15, 0.2) is 5.83 Å². The summed E-state index contributed by atoms with van der Waals surface area (Å²) >= 11 is 0. The van der Waals surface area contributed by atoms with Crippen LogP contribution in [0.1, 0.15) is 59.3 Å². The summed E-state index contributed by atoms with van der Waals surface area (Å²) in [5, 5.41) is 6.08. The molecule has 39 heavy (non-hydrogen) atoms. The Morgan fingerprint density at radius 2 is 1.82 bits per heavy atom. The molecule has 4 unspecified atom stereocenters. The van der Waals surface area contributed by atoms with Crippen molar-refractivity contribution < 1.29 is 18.3 Å². The summed E-state index contributed by atoms with van der Waals surface area (Å²) in [4.78, 5) is 21.7. The SMILES string of the molecule is CCCC(CCC)CCC(F)CNC(C)C(C(=O)NC1CN=CC(F)=C1N1CCN(CCOC)CC1)C(N)N. The van der Waals surface area contributed by atoms with E-state index in [0.717, 1.165) is 51.7 Å². The number of nitrogens with two attached hydrogens (primary N) is 2. The molecule has 2 rings (SSSR count). The van der Waals surface area contributed by atoms with Gasteiger partial charge in [0.1, 0.15) is 6.17 Å². The molecule has 2 aliphatic rings. The average Bonchev–Trinajstić information content (AvgIpc) is 2.90. The van der Waals surface area contributed by atoms with Crippen LogP contribution in [0, 0.1) is 11.8 Å². The van der Waals surface area contributed by atoms with Gasteiger partial charge in [0.2, 0.25) is 5.91 Å². The number of carbonyl (C=O) groups is 1. The fourth-order valence-electron chi connectivity index (χ4n) is 5.69. The number of aliphatic imine (C=N–C) groups is 1. The minimum absolute atomic E-state index is 0.128. The number of nitrogens with one attached hydrogen (secondary N) is 2. The Bertz CT molecular complexity index is 769. The van der Waals surface area contributed by atoms with Gasteiger partial charge in [-0.3, -0.25) is 14.7 Å². The lowest BCUT2D eigenvalue weighted by Crippen LogP contribution is -2.59. The lowest BCUT2D eigenvalue weighted by molar-refractivity contribution is -0.127. The Balaban J connectivity index is 1.94. The fourth-order valence-corrected chi connectivity index (χ4v) is 5.69. The number of nitrogens with zero attached hydrogens (tertiary/aromatic N) is 3. The van der Waals surface area contributed by atoms with Crippen molar-refractivity contribution in [1.82, 2.24) is 20.4 Å². The topological polar surface area (TPSA) is 121 Å². The van der Waals surface area contributed by atoms with E-state index in [4.69, 9.17) is 16.2 Å². The smallest absolute Gasteiger partial charge is 0.228 e. The molecular formula is C28H53F2N7O2. The molecule has 6 N–H and O–H groups in total. The molecule has 0 bridgehead atoms. The highest BCUT2D eigenvalue weighted by Gasteiger charge is 2.35. The van der Waals surface area contributed by atoms with Gasteiger partial charge in [-0.2, -0.15) is 0 Å². The summed E-state index contributed by atoms with van der Waals surface area (Å²) in [6.45, 7) is 10.8. The highest BCUT2D eigenvalue weighted by molar-refractivity contribution is 5.82. The second kappa shape index (κ2) is 17.9. The van der Waals surface area contributed by atoms with Gasteiger partial charge >= 0.3 is 0 Å². The van der Waals surface area contributed by atoms with E-state index < -0.39 is 42.1 Å². The van der Waals surface area contributed by atoms with Crippen LogP contribution in [0.2, 0.25) is 0 Å². The molecule has 0 saturated carbocycles. The first kappa shape index (κ1) is 33.5. The number of carbonyl (C=O) groups excluding carboxylic acids is 1. The number of methoxy groups -OCH3 is 1. The quantitative estimate of drug-likeness (QED) is 0.191. The normalized spacial score (nSPS) is 21.1. The number of rotatable bonds is 18. The molecule has 11 heteroatoms. The zero-order valence-electron chi connectivity index (χ0n) is 24.5. The minimum atomic E-state index is -1.01. The molecule has 0 aromatic rings. The summed E-state index contributed by atoms with van der Waals surface area (Å²) in [7, 11) is 1.68. The number of dihydropyridines is 1. The number of piperazine rings is 1. The summed E-state index contributed by atoms with van der Waals surface area (Å²) < 4.78 is 34.9. The van der Waals surface area contributed by atoms with Crippen molar-refractivity contribution in [2.24, 2.45) is 28.3 Å². The van der Waals surface area contributed by atoms with Crippen molar-refractivity contribution in [3.63, 3.8) is 0 Å². The third-order valence-electron chi connectivity index (χ3n) is 7.91. The first-order chi connectivity index (χ1) is 18.7. The maximum absolute atomic E-state index is 15.0. The fraction of sp³-hybridized carbons (Fsp3) is 0.857. The molecular weight excluding hydrogens is 504 g/mol. The third kappa shape index (κ3) is 11.0. The maximum atomic E-state index is 15.0. The van der Waals surface area contributed by atoms with E-state index in [1.165, 1.54) is 6.21 Å². The average molecular weight is 558 g/mol. The predicted molar refractivity (Wildman–Crippen MR) is 154 cm³/mol. The lowest BCUT2D eigenvalue weighted by atomic mass is 9.92. The maximum Gasteiger partial charge on any atom is 0.228 e. The van der Waals surface area contributed by atoms with Gasteiger partial charge in [-0.1, -0.05) is 39.5 Å². The largest absolute Gasteiger partial charge is 0.383 e. The number of ether oxygens (including phenoxy) is 1. The number of amides is 1. The Morgan fingerprint density at radius 3 is 2.41 bits per heavy atom. The van der Waals surface area contributed by atoms with Crippen molar-refractivity contribution >= 4 is 12.1 Å². The van der Waals surface area contributed by atoms with Crippen molar-refractivity contribution in [3.05, 3.63) is 11.5 Å². The van der Waals surface area contributed by atoms with E-state index in [1.54, 1.807) is 14.0 Å².